The fourth-order valence-electron chi connectivity index (χ4n) is 4.89. The maximum absolute atomic E-state index is 13.3. The molecule has 7 nitrogen and oxygen atoms in total. The quantitative estimate of drug-likeness (QED) is 0.395. The standard InChI is InChI=1S/C27H37F2N3O4S2/c1-27(2,3)32-38(34)22-10-9-18(16-21(22)36-26(28)29)23-20(15-17-7-5-4-6-8-17)31-25(37-23)24(33)30-19-11-13-35-14-12-19/h9-10,16-17,19,26,32H,4-8,11-15H2,1-3H3,(H,30,33). The molecule has 38 heavy (non-hydrogen) atoms. The van der Waals surface area contributed by atoms with Crippen LogP contribution in [0.1, 0.15) is 81.2 Å². The van der Waals surface area contributed by atoms with Crippen molar-refractivity contribution in [1.82, 2.24) is 15.0 Å². The van der Waals surface area contributed by atoms with Crippen LogP contribution >= 0.6 is 11.3 Å². The topological polar surface area (TPSA) is 89.6 Å². The predicted octanol–water partition coefficient (Wildman–Crippen LogP) is 5.85. The number of thiazole rings is 1. The van der Waals surface area contributed by atoms with Crippen LogP contribution in [0.3, 0.4) is 0 Å². The summed E-state index contributed by atoms with van der Waals surface area (Å²) in [6, 6.07) is 4.82. The molecule has 2 aromatic rings. The van der Waals surface area contributed by atoms with Crippen molar-refractivity contribution < 1.29 is 27.3 Å². The third-order valence-electron chi connectivity index (χ3n) is 6.68. The second-order valence-electron chi connectivity index (χ2n) is 11.0. The second-order valence-corrected chi connectivity index (χ2v) is 13.2. The average Bonchev–Trinajstić information content (AvgIpc) is 3.27. The number of aromatic nitrogens is 1. The third-order valence-corrected chi connectivity index (χ3v) is 9.36. The molecule has 1 aromatic heterocycles. The van der Waals surface area contributed by atoms with Gasteiger partial charge in [0.1, 0.15) is 16.7 Å². The highest BCUT2D eigenvalue weighted by atomic mass is 32.2. The lowest BCUT2D eigenvalue weighted by Gasteiger charge is -2.22. The summed E-state index contributed by atoms with van der Waals surface area (Å²) < 4.78 is 52.7. The van der Waals surface area contributed by atoms with E-state index in [0.29, 0.717) is 29.7 Å². The Morgan fingerprint density at radius 2 is 1.89 bits per heavy atom. The summed E-state index contributed by atoms with van der Waals surface area (Å²) in [5.74, 6) is 0.0857. The van der Waals surface area contributed by atoms with Gasteiger partial charge in [-0.15, -0.1) is 11.3 Å². The maximum atomic E-state index is 13.3. The van der Waals surface area contributed by atoms with Gasteiger partial charge in [-0.2, -0.15) is 8.78 Å². The van der Waals surface area contributed by atoms with Crippen molar-refractivity contribution in [1.29, 1.82) is 0 Å². The van der Waals surface area contributed by atoms with E-state index >= 15 is 0 Å². The first-order chi connectivity index (χ1) is 18.1. The number of benzene rings is 1. The molecule has 1 unspecified atom stereocenters. The zero-order valence-electron chi connectivity index (χ0n) is 22.2. The summed E-state index contributed by atoms with van der Waals surface area (Å²) in [5, 5.41) is 3.43. The van der Waals surface area contributed by atoms with Gasteiger partial charge >= 0.3 is 6.61 Å². The minimum atomic E-state index is -3.07. The van der Waals surface area contributed by atoms with Gasteiger partial charge in [-0.3, -0.25) is 4.79 Å². The van der Waals surface area contributed by atoms with E-state index in [1.165, 1.54) is 36.7 Å². The van der Waals surface area contributed by atoms with E-state index in [9.17, 15) is 17.8 Å². The van der Waals surface area contributed by atoms with Crippen molar-refractivity contribution >= 4 is 28.2 Å². The second kappa shape index (κ2) is 12.9. The molecule has 1 amide bonds. The van der Waals surface area contributed by atoms with E-state index in [1.54, 1.807) is 12.1 Å². The molecule has 2 fully saturated rings. The molecule has 4 rings (SSSR count). The number of rotatable bonds is 9. The molecular formula is C27H37F2N3O4S2. The number of nitrogens with zero attached hydrogens (tertiary/aromatic N) is 1. The fraction of sp³-hybridized carbons (Fsp3) is 0.630. The Morgan fingerprint density at radius 3 is 2.55 bits per heavy atom. The zero-order valence-corrected chi connectivity index (χ0v) is 23.8. The molecule has 0 bridgehead atoms. The third kappa shape index (κ3) is 8.03. The van der Waals surface area contributed by atoms with E-state index in [4.69, 9.17) is 14.5 Å². The lowest BCUT2D eigenvalue weighted by Crippen LogP contribution is -2.38. The van der Waals surface area contributed by atoms with Gasteiger partial charge < -0.3 is 14.8 Å². The number of carbonyl (C=O) groups is 1. The average molecular weight is 570 g/mol. The SMILES string of the molecule is CC(C)(C)NS(=O)c1ccc(-c2sc(C(=O)NC3CCOCC3)nc2CC2CCCCC2)cc1OC(F)F. The number of alkyl halides is 2. The molecule has 1 atom stereocenters. The number of hydrogen-bond donors (Lipinski definition) is 2. The highest BCUT2D eigenvalue weighted by molar-refractivity contribution is 7.83. The summed E-state index contributed by atoms with van der Waals surface area (Å²) in [4.78, 5) is 18.8. The van der Waals surface area contributed by atoms with E-state index < -0.39 is 23.1 Å². The molecule has 1 aliphatic carbocycles. The summed E-state index contributed by atoms with van der Waals surface area (Å²) in [5.41, 5.74) is 0.915. The van der Waals surface area contributed by atoms with Gasteiger partial charge in [-0.1, -0.05) is 38.2 Å². The molecule has 210 valence electrons. The largest absolute Gasteiger partial charge is 0.433 e. The molecule has 0 spiro atoms. The Morgan fingerprint density at radius 1 is 1.18 bits per heavy atom. The molecule has 1 aromatic carbocycles. The fourth-order valence-corrected chi connectivity index (χ4v) is 7.03. The van der Waals surface area contributed by atoms with E-state index in [0.717, 1.165) is 42.7 Å². The Bertz CT molecular complexity index is 1120. The molecule has 11 heteroatoms. The minimum Gasteiger partial charge on any atom is -0.433 e. The van der Waals surface area contributed by atoms with Gasteiger partial charge in [-0.05, 0) is 63.6 Å². The van der Waals surface area contributed by atoms with Gasteiger partial charge in [0.25, 0.3) is 5.91 Å². The van der Waals surface area contributed by atoms with Crippen LogP contribution in [-0.4, -0.2) is 46.5 Å². The van der Waals surface area contributed by atoms with Crippen molar-refractivity contribution in [2.24, 2.45) is 5.92 Å². The minimum absolute atomic E-state index is 0.0426. The number of carbonyl (C=O) groups excluding carboxylic acids is 1. The normalized spacial score (nSPS) is 18.5. The molecule has 2 heterocycles. The van der Waals surface area contributed by atoms with E-state index in [2.05, 4.69) is 10.0 Å². The molecule has 1 aliphatic heterocycles. The Kier molecular flexibility index (Phi) is 9.89. The van der Waals surface area contributed by atoms with Crippen molar-refractivity contribution in [3.8, 4) is 16.2 Å². The van der Waals surface area contributed by atoms with Crippen molar-refractivity contribution in [3.05, 3.63) is 28.9 Å². The lowest BCUT2D eigenvalue weighted by atomic mass is 9.85. The number of amides is 1. The van der Waals surface area contributed by atoms with E-state index in [1.807, 2.05) is 20.8 Å². The van der Waals surface area contributed by atoms with Gasteiger partial charge in [0, 0.05) is 24.8 Å². The van der Waals surface area contributed by atoms with E-state index in [-0.39, 0.29) is 22.6 Å². The summed E-state index contributed by atoms with van der Waals surface area (Å²) in [7, 11) is -1.76. The zero-order chi connectivity index (χ0) is 27.3. The number of ether oxygens (including phenoxy) is 2. The van der Waals surface area contributed by atoms with Crippen LogP contribution in [0.15, 0.2) is 23.1 Å². The summed E-state index contributed by atoms with van der Waals surface area (Å²) in [6.45, 7) is 3.69. The smallest absolute Gasteiger partial charge is 0.387 e. The van der Waals surface area contributed by atoms with Crippen LogP contribution < -0.4 is 14.8 Å². The molecule has 2 N–H and O–H groups in total. The van der Waals surface area contributed by atoms with Crippen molar-refractivity contribution in [2.45, 2.75) is 95.2 Å². The lowest BCUT2D eigenvalue weighted by molar-refractivity contribution is -0.0516. The maximum Gasteiger partial charge on any atom is 0.387 e. The first-order valence-corrected chi connectivity index (χ1v) is 15.2. The van der Waals surface area contributed by atoms with Gasteiger partial charge in [0.05, 0.1) is 15.5 Å². The predicted molar refractivity (Wildman–Crippen MR) is 145 cm³/mol. The molecule has 2 aliphatic rings. The van der Waals surface area contributed by atoms with Crippen LogP contribution in [0.25, 0.3) is 10.4 Å². The van der Waals surface area contributed by atoms with Crippen LogP contribution in [0, 0.1) is 5.92 Å². The molecule has 0 radical (unpaired) electrons. The van der Waals surface area contributed by atoms with Gasteiger partial charge in [0.15, 0.2) is 5.01 Å². The van der Waals surface area contributed by atoms with Crippen LogP contribution in [0.4, 0.5) is 8.78 Å². The molecule has 1 saturated heterocycles. The number of halogens is 2. The monoisotopic (exact) mass is 569 g/mol. The highest BCUT2D eigenvalue weighted by Crippen LogP contribution is 2.38. The van der Waals surface area contributed by atoms with Crippen LogP contribution in [-0.2, 0) is 22.1 Å². The molecular weight excluding hydrogens is 532 g/mol. The number of hydrogen-bond acceptors (Lipinski definition) is 6. The van der Waals surface area contributed by atoms with Crippen LogP contribution in [0.2, 0.25) is 0 Å². The first-order valence-electron chi connectivity index (χ1n) is 13.3. The Balaban J connectivity index is 1.67. The van der Waals surface area contributed by atoms with Gasteiger partial charge in [-0.25, -0.2) is 13.9 Å². The summed E-state index contributed by atoms with van der Waals surface area (Å²) in [6.07, 6.45) is 8.04. The van der Waals surface area contributed by atoms with Crippen molar-refractivity contribution in [3.63, 3.8) is 0 Å². The highest BCUT2D eigenvalue weighted by Gasteiger charge is 2.26. The molecule has 1 saturated carbocycles. The first kappa shape index (κ1) is 29.0. The number of nitrogens with one attached hydrogen (secondary N) is 2. The van der Waals surface area contributed by atoms with Gasteiger partial charge in [0.2, 0.25) is 0 Å². The Labute approximate surface area is 229 Å². The van der Waals surface area contributed by atoms with Crippen molar-refractivity contribution in [2.75, 3.05) is 13.2 Å². The Hall–Kier alpha value is -1.95. The van der Waals surface area contributed by atoms with Crippen LogP contribution in [0.5, 0.6) is 5.75 Å². The summed E-state index contributed by atoms with van der Waals surface area (Å²) >= 11 is 1.26.